The first kappa shape index (κ1) is 18.1. The Kier molecular flexibility index (Phi) is 8.14. The molecule has 0 aromatic heterocycles. The quantitative estimate of drug-likeness (QED) is 0.533. The van der Waals surface area contributed by atoms with Crippen LogP contribution in [-0.4, -0.2) is 23.5 Å². The normalized spacial score (nSPS) is 9.91. The van der Waals surface area contributed by atoms with E-state index in [1.807, 2.05) is 6.92 Å². The number of rotatable bonds is 7. The number of thiocarbonyl (C=S) groups is 1. The molecule has 6 heteroatoms. The topological polar surface area (TPSA) is 70.2 Å². The van der Waals surface area contributed by atoms with Gasteiger partial charge in [0.1, 0.15) is 0 Å². The van der Waals surface area contributed by atoms with Crippen molar-refractivity contribution in [1.82, 2.24) is 10.6 Å². The molecule has 0 bridgehead atoms. The van der Waals surface area contributed by atoms with Gasteiger partial charge in [0.15, 0.2) is 5.11 Å². The highest BCUT2D eigenvalue weighted by Gasteiger charge is 2.06. The average Bonchev–Trinajstić information content (AvgIpc) is 2.48. The molecule has 0 saturated carbocycles. The van der Waals surface area contributed by atoms with Crippen LogP contribution in [0.3, 0.4) is 0 Å². The van der Waals surface area contributed by atoms with Crippen molar-refractivity contribution in [2.24, 2.45) is 0 Å². The van der Waals surface area contributed by atoms with Crippen LogP contribution in [-0.2, 0) is 4.79 Å². The van der Waals surface area contributed by atoms with E-state index in [2.05, 4.69) is 22.9 Å². The second kappa shape index (κ2) is 9.89. The third kappa shape index (κ3) is 6.67. The Morgan fingerprint density at radius 2 is 1.77 bits per heavy atom. The SMILES string of the molecule is CCCCCC(=O)NC(=S)Nc1ccc(C(=O)NCC)cc1. The van der Waals surface area contributed by atoms with Crippen LogP contribution in [0.15, 0.2) is 24.3 Å². The number of nitrogens with one attached hydrogen (secondary N) is 3. The minimum atomic E-state index is -0.110. The molecular weight excluding hydrogens is 298 g/mol. The molecule has 0 unspecified atom stereocenters. The summed E-state index contributed by atoms with van der Waals surface area (Å²) >= 11 is 5.09. The van der Waals surface area contributed by atoms with Gasteiger partial charge in [-0.25, -0.2) is 0 Å². The van der Waals surface area contributed by atoms with Crippen molar-refractivity contribution in [3.63, 3.8) is 0 Å². The number of carbonyl (C=O) groups is 2. The van der Waals surface area contributed by atoms with Gasteiger partial charge in [-0.1, -0.05) is 19.8 Å². The van der Waals surface area contributed by atoms with Crippen LogP contribution in [0.1, 0.15) is 49.9 Å². The zero-order chi connectivity index (χ0) is 16.4. The van der Waals surface area contributed by atoms with Gasteiger partial charge in [-0.3, -0.25) is 9.59 Å². The molecular formula is C16H23N3O2S. The van der Waals surface area contributed by atoms with E-state index in [9.17, 15) is 9.59 Å². The standard InChI is InChI=1S/C16H23N3O2S/c1-3-5-6-7-14(20)19-16(22)18-13-10-8-12(9-11-13)15(21)17-4-2/h8-11H,3-7H2,1-2H3,(H,17,21)(H2,18,19,20,22). The fourth-order valence-electron chi connectivity index (χ4n) is 1.85. The third-order valence-electron chi connectivity index (χ3n) is 3.00. The monoisotopic (exact) mass is 321 g/mol. The Balaban J connectivity index is 2.44. The number of amides is 2. The van der Waals surface area contributed by atoms with Crippen LogP contribution in [0.25, 0.3) is 0 Å². The number of hydrogen-bond acceptors (Lipinski definition) is 3. The molecule has 2 amide bonds. The van der Waals surface area contributed by atoms with Crippen LogP contribution in [0.2, 0.25) is 0 Å². The second-order valence-electron chi connectivity index (χ2n) is 4.90. The average molecular weight is 321 g/mol. The Hall–Kier alpha value is -1.95. The first-order chi connectivity index (χ1) is 10.6. The molecule has 1 rings (SSSR count). The van der Waals surface area contributed by atoms with Crippen LogP contribution < -0.4 is 16.0 Å². The van der Waals surface area contributed by atoms with Crippen molar-refractivity contribution in [1.29, 1.82) is 0 Å². The molecule has 0 atom stereocenters. The lowest BCUT2D eigenvalue weighted by atomic mass is 10.2. The summed E-state index contributed by atoms with van der Waals surface area (Å²) < 4.78 is 0. The summed E-state index contributed by atoms with van der Waals surface area (Å²) in [6.07, 6.45) is 3.46. The summed E-state index contributed by atoms with van der Waals surface area (Å²) in [7, 11) is 0. The molecule has 0 radical (unpaired) electrons. The predicted octanol–water partition coefficient (Wildman–Crippen LogP) is 2.83. The van der Waals surface area contributed by atoms with Crippen molar-refractivity contribution in [2.75, 3.05) is 11.9 Å². The maximum atomic E-state index is 11.6. The Morgan fingerprint density at radius 3 is 2.36 bits per heavy atom. The minimum Gasteiger partial charge on any atom is -0.352 e. The molecule has 0 aliphatic rings. The smallest absolute Gasteiger partial charge is 0.251 e. The fraction of sp³-hybridized carbons (Fsp3) is 0.438. The number of carbonyl (C=O) groups excluding carboxylic acids is 2. The van der Waals surface area contributed by atoms with Crippen LogP contribution in [0, 0.1) is 0 Å². The summed E-state index contributed by atoms with van der Waals surface area (Å²) in [5.74, 6) is -0.189. The number of anilines is 1. The Labute approximate surface area is 136 Å². The van der Waals surface area contributed by atoms with Crippen LogP contribution >= 0.6 is 12.2 Å². The zero-order valence-corrected chi connectivity index (χ0v) is 13.9. The van der Waals surface area contributed by atoms with Crippen molar-refractivity contribution in [3.05, 3.63) is 29.8 Å². The van der Waals surface area contributed by atoms with Gasteiger partial charge in [0.25, 0.3) is 5.91 Å². The van der Waals surface area contributed by atoms with Gasteiger partial charge in [0.2, 0.25) is 5.91 Å². The first-order valence-corrected chi connectivity index (χ1v) is 7.96. The molecule has 0 heterocycles. The minimum absolute atomic E-state index is 0.0788. The fourth-order valence-corrected chi connectivity index (χ4v) is 2.09. The van der Waals surface area contributed by atoms with E-state index in [1.54, 1.807) is 24.3 Å². The van der Waals surface area contributed by atoms with E-state index in [4.69, 9.17) is 12.2 Å². The van der Waals surface area contributed by atoms with Crippen LogP contribution in [0.4, 0.5) is 5.69 Å². The van der Waals surface area contributed by atoms with Gasteiger partial charge in [0, 0.05) is 24.2 Å². The molecule has 0 fully saturated rings. The largest absolute Gasteiger partial charge is 0.352 e. The molecule has 5 nitrogen and oxygen atoms in total. The van der Waals surface area contributed by atoms with Crippen molar-refractivity contribution in [2.45, 2.75) is 39.5 Å². The van der Waals surface area contributed by atoms with E-state index in [1.165, 1.54) is 0 Å². The maximum absolute atomic E-state index is 11.6. The van der Waals surface area contributed by atoms with Crippen molar-refractivity contribution in [3.8, 4) is 0 Å². The summed E-state index contributed by atoms with van der Waals surface area (Å²) in [6, 6.07) is 6.91. The molecule has 0 aliphatic carbocycles. The molecule has 0 spiro atoms. The highest BCUT2D eigenvalue weighted by molar-refractivity contribution is 7.80. The first-order valence-electron chi connectivity index (χ1n) is 7.56. The van der Waals surface area contributed by atoms with Gasteiger partial charge in [-0.15, -0.1) is 0 Å². The number of hydrogen-bond donors (Lipinski definition) is 3. The molecule has 22 heavy (non-hydrogen) atoms. The van der Waals surface area contributed by atoms with E-state index in [-0.39, 0.29) is 16.9 Å². The Bertz CT molecular complexity index is 515. The predicted molar refractivity (Wildman–Crippen MR) is 93.0 cm³/mol. The molecule has 0 aliphatic heterocycles. The second-order valence-corrected chi connectivity index (χ2v) is 5.30. The van der Waals surface area contributed by atoms with Crippen molar-refractivity contribution < 1.29 is 9.59 Å². The summed E-state index contributed by atoms with van der Waals surface area (Å²) in [5, 5.41) is 8.58. The summed E-state index contributed by atoms with van der Waals surface area (Å²) in [4.78, 5) is 23.3. The third-order valence-corrected chi connectivity index (χ3v) is 3.21. The molecule has 0 saturated heterocycles. The number of benzene rings is 1. The Morgan fingerprint density at radius 1 is 1.09 bits per heavy atom. The van der Waals surface area contributed by atoms with Gasteiger partial charge in [0.05, 0.1) is 0 Å². The summed E-state index contributed by atoms with van der Waals surface area (Å²) in [6.45, 7) is 4.55. The lowest BCUT2D eigenvalue weighted by Gasteiger charge is -2.10. The highest BCUT2D eigenvalue weighted by Crippen LogP contribution is 2.09. The van der Waals surface area contributed by atoms with E-state index in [0.717, 1.165) is 24.9 Å². The van der Waals surface area contributed by atoms with E-state index < -0.39 is 0 Å². The highest BCUT2D eigenvalue weighted by atomic mass is 32.1. The van der Waals surface area contributed by atoms with Gasteiger partial charge >= 0.3 is 0 Å². The molecule has 1 aromatic carbocycles. The molecule has 3 N–H and O–H groups in total. The van der Waals surface area contributed by atoms with Crippen molar-refractivity contribution >= 4 is 34.8 Å². The zero-order valence-electron chi connectivity index (χ0n) is 13.1. The van der Waals surface area contributed by atoms with Gasteiger partial charge in [-0.2, -0.15) is 0 Å². The summed E-state index contributed by atoms with van der Waals surface area (Å²) in [5.41, 5.74) is 1.31. The number of unbranched alkanes of at least 4 members (excludes halogenated alkanes) is 2. The van der Waals surface area contributed by atoms with Crippen LogP contribution in [0.5, 0.6) is 0 Å². The van der Waals surface area contributed by atoms with E-state index in [0.29, 0.717) is 18.5 Å². The maximum Gasteiger partial charge on any atom is 0.251 e. The lowest BCUT2D eigenvalue weighted by molar-refractivity contribution is -0.119. The molecule has 120 valence electrons. The lowest BCUT2D eigenvalue weighted by Crippen LogP contribution is -2.33. The molecule has 1 aromatic rings. The van der Waals surface area contributed by atoms with Gasteiger partial charge in [-0.05, 0) is 49.8 Å². The van der Waals surface area contributed by atoms with E-state index >= 15 is 0 Å². The van der Waals surface area contributed by atoms with Gasteiger partial charge < -0.3 is 16.0 Å².